The Bertz CT molecular complexity index is 1150. The van der Waals surface area contributed by atoms with E-state index >= 15 is 0 Å². The maximum absolute atomic E-state index is 13.0. The average molecular weight is 680 g/mol. The number of carboxylic acids is 1. The predicted molar refractivity (Wildman–Crippen MR) is 203 cm³/mol. The lowest BCUT2D eigenvalue weighted by Crippen LogP contribution is -2.46. The van der Waals surface area contributed by atoms with E-state index in [0.29, 0.717) is 44.2 Å². The molecule has 0 bridgehead atoms. The van der Waals surface area contributed by atoms with Crippen LogP contribution in [0.15, 0.2) is 84.6 Å². The van der Waals surface area contributed by atoms with Crippen LogP contribution in [0.1, 0.15) is 118 Å². The molecule has 8 nitrogen and oxygen atoms in total. The van der Waals surface area contributed by atoms with Crippen LogP contribution in [-0.2, 0) is 19.1 Å². The summed E-state index contributed by atoms with van der Waals surface area (Å²) in [5.74, 6) is -1.45. The lowest BCUT2D eigenvalue weighted by Gasteiger charge is -2.34. The van der Waals surface area contributed by atoms with E-state index in [1.165, 1.54) is 0 Å². The third-order valence-electron chi connectivity index (χ3n) is 8.55. The third kappa shape index (κ3) is 21.3. The fourth-order valence-electron chi connectivity index (χ4n) is 5.29. The van der Waals surface area contributed by atoms with Gasteiger partial charge in [-0.05, 0) is 89.5 Å². The summed E-state index contributed by atoms with van der Waals surface area (Å²) in [5.41, 5.74) is 6.80. The summed E-state index contributed by atoms with van der Waals surface area (Å²) in [4.78, 5) is 37.0. The molecule has 8 heteroatoms. The van der Waals surface area contributed by atoms with Gasteiger partial charge in [-0.3, -0.25) is 9.59 Å². The molecule has 0 saturated carbocycles. The van der Waals surface area contributed by atoms with Crippen molar-refractivity contribution in [3.8, 4) is 0 Å². The van der Waals surface area contributed by atoms with Crippen LogP contribution in [-0.4, -0.2) is 53.7 Å². The predicted octanol–water partition coefficient (Wildman–Crippen LogP) is 8.19. The Morgan fingerprint density at radius 3 is 1.90 bits per heavy atom. The van der Waals surface area contributed by atoms with Crippen molar-refractivity contribution < 1.29 is 24.2 Å². The number of aliphatic carboxylic acids is 1. The van der Waals surface area contributed by atoms with Gasteiger partial charge in [0.2, 0.25) is 11.8 Å². The summed E-state index contributed by atoms with van der Waals surface area (Å²) in [6.07, 6.45) is 37.9. The van der Waals surface area contributed by atoms with Gasteiger partial charge in [-0.25, -0.2) is 4.79 Å². The molecule has 0 fully saturated rings. The second-order valence-electron chi connectivity index (χ2n) is 12.6. The highest BCUT2D eigenvalue weighted by Gasteiger charge is 2.33. The van der Waals surface area contributed by atoms with Crippen LogP contribution in [0.2, 0.25) is 0 Å². The number of amides is 2. The van der Waals surface area contributed by atoms with E-state index in [0.717, 1.165) is 51.4 Å². The molecule has 0 aromatic rings. The molecule has 4 atom stereocenters. The summed E-state index contributed by atoms with van der Waals surface area (Å²) < 4.78 is 6.20. The molecule has 1 aliphatic carbocycles. The minimum atomic E-state index is -1.08. The van der Waals surface area contributed by atoms with E-state index in [-0.39, 0.29) is 36.5 Å². The minimum absolute atomic E-state index is 0.0254. The van der Waals surface area contributed by atoms with Crippen LogP contribution >= 0.6 is 0 Å². The highest BCUT2D eigenvalue weighted by atomic mass is 16.5. The molecule has 49 heavy (non-hydrogen) atoms. The van der Waals surface area contributed by atoms with Crippen LogP contribution in [0.25, 0.3) is 0 Å². The molecule has 2 amide bonds. The number of carbonyl (C=O) groups excluding carboxylic acids is 2. The largest absolute Gasteiger partial charge is 0.480 e. The fourth-order valence-corrected chi connectivity index (χ4v) is 5.29. The quantitative estimate of drug-likeness (QED) is 0.0539. The van der Waals surface area contributed by atoms with Crippen molar-refractivity contribution in [2.45, 2.75) is 142 Å². The van der Waals surface area contributed by atoms with Crippen molar-refractivity contribution >= 4 is 17.8 Å². The highest BCUT2D eigenvalue weighted by molar-refractivity contribution is 5.96. The number of allylic oxidation sites excluding steroid dienone is 12. The number of hydrogen-bond donors (Lipinski definition) is 4. The van der Waals surface area contributed by atoms with Crippen molar-refractivity contribution in [3.05, 3.63) is 84.6 Å². The van der Waals surface area contributed by atoms with Crippen molar-refractivity contribution in [2.24, 2.45) is 11.7 Å². The number of carbonyl (C=O) groups is 3. The highest BCUT2D eigenvalue weighted by Crippen LogP contribution is 2.27. The van der Waals surface area contributed by atoms with Gasteiger partial charge in [0.1, 0.15) is 6.04 Å². The van der Waals surface area contributed by atoms with Crippen molar-refractivity contribution in [3.63, 3.8) is 0 Å². The number of rotatable bonds is 26. The fraction of sp³-hybridized carbons (Fsp3) is 0.585. The van der Waals surface area contributed by atoms with Crippen molar-refractivity contribution in [2.75, 3.05) is 6.54 Å². The average Bonchev–Trinajstić information content (AvgIpc) is 3.08. The lowest BCUT2D eigenvalue weighted by molar-refractivity contribution is -0.141. The Labute approximate surface area is 296 Å². The number of hydrogen-bond acceptors (Lipinski definition) is 5. The first-order valence-electron chi connectivity index (χ1n) is 18.5. The van der Waals surface area contributed by atoms with Gasteiger partial charge < -0.3 is 26.2 Å². The first-order valence-corrected chi connectivity index (χ1v) is 18.5. The monoisotopic (exact) mass is 679 g/mol. The third-order valence-corrected chi connectivity index (χ3v) is 8.55. The molecule has 1 rings (SSSR count). The van der Waals surface area contributed by atoms with Gasteiger partial charge in [-0.1, -0.05) is 101 Å². The molecule has 0 spiro atoms. The first kappa shape index (κ1) is 43.5. The summed E-state index contributed by atoms with van der Waals surface area (Å²) >= 11 is 0. The van der Waals surface area contributed by atoms with Crippen molar-refractivity contribution in [1.29, 1.82) is 0 Å². The van der Waals surface area contributed by atoms with Gasteiger partial charge in [0.05, 0.1) is 12.2 Å². The van der Waals surface area contributed by atoms with E-state index in [1.807, 2.05) is 19.1 Å². The van der Waals surface area contributed by atoms with E-state index in [4.69, 9.17) is 10.5 Å². The molecule has 0 saturated heterocycles. The van der Waals surface area contributed by atoms with Gasteiger partial charge >= 0.3 is 5.97 Å². The molecule has 0 heterocycles. The summed E-state index contributed by atoms with van der Waals surface area (Å²) in [7, 11) is 0. The Morgan fingerprint density at radius 2 is 1.39 bits per heavy atom. The van der Waals surface area contributed by atoms with Crippen LogP contribution in [0.4, 0.5) is 0 Å². The zero-order valence-electron chi connectivity index (χ0n) is 30.7. The molecule has 5 N–H and O–H groups in total. The van der Waals surface area contributed by atoms with E-state index in [2.05, 4.69) is 98.2 Å². The Balaban J connectivity index is 2.22. The molecule has 0 aliphatic heterocycles. The molecule has 1 aliphatic rings. The van der Waals surface area contributed by atoms with E-state index in [9.17, 15) is 19.5 Å². The maximum atomic E-state index is 13.0. The summed E-state index contributed by atoms with van der Waals surface area (Å²) in [6.45, 7) is 8.76. The normalized spacial score (nSPS) is 19.3. The number of ether oxygens (including phenoxy) is 1. The zero-order valence-corrected chi connectivity index (χ0v) is 30.7. The second kappa shape index (κ2) is 28.4. The minimum Gasteiger partial charge on any atom is -0.480 e. The van der Waals surface area contributed by atoms with Crippen LogP contribution < -0.4 is 16.4 Å². The Morgan fingerprint density at radius 1 is 0.857 bits per heavy atom. The first-order chi connectivity index (χ1) is 23.7. The second-order valence-corrected chi connectivity index (χ2v) is 12.6. The number of nitrogens with one attached hydrogen (secondary N) is 2. The van der Waals surface area contributed by atoms with Crippen LogP contribution in [0.3, 0.4) is 0 Å². The molecule has 0 aromatic heterocycles. The molecular formula is C41H65N3O5. The molecule has 274 valence electrons. The molecule has 0 radical (unpaired) electrons. The maximum Gasteiger partial charge on any atom is 0.326 e. The topological polar surface area (TPSA) is 131 Å². The van der Waals surface area contributed by atoms with Crippen LogP contribution in [0, 0.1) is 5.92 Å². The summed E-state index contributed by atoms with van der Waals surface area (Å²) in [6, 6.07) is -1.25. The number of carboxylic acid groups (broad SMARTS) is 1. The van der Waals surface area contributed by atoms with Gasteiger partial charge in [0.25, 0.3) is 0 Å². The summed E-state index contributed by atoms with van der Waals surface area (Å²) in [5, 5.41) is 15.3. The molecule has 0 unspecified atom stereocenters. The molecular weight excluding hydrogens is 614 g/mol. The molecule has 0 aromatic carbocycles. The number of unbranched alkanes of at least 4 members (excludes halogenated alkanes) is 1. The Kier molecular flexibility index (Phi) is 25.2. The Hall–Kier alpha value is -3.49. The van der Waals surface area contributed by atoms with E-state index < -0.39 is 17.9 Å². The lowest BCUT2D eigenvalue weighted by atomic mass is 9.84. The smallest absolute Gasteiger partial charge is 0.326 e. The van der Waals surface area contributed by atoms with Gasteiger partial charge in [0, 0.05) is 30.5 Å². The zero-order chi connectivity index (χ0) is 36.1. The van der Waals surface area contributed by atoms with Gasteiger partial charge in [-0.2, -0.15) is 0 Å². The van der Waals surface area contributed by atoms with E-state index in [1.54, 1.807) is 0 Å². The standard InChI is InChI=1S/C41H65N3O5/c1-5-8-9-10-11-12-13-14-15-16-17-18-19-20-21-22-23-24-25-29-39(45)43-30-27-26-28-37(41(47)48)44-40(46)34-31-36(42)33(4)38(32-34)49-35(6-2)7-3/h8-9,11-12,14-15,17-18,20-21,23-24,32-33,35-38H,5-7,10,13,16,19,22,25-31,42H2,1-4H3,(H,43,45)(H,44,46)(H,47,48)/b9-8-,12-11-,15-14-,18-17-,21-20-,24-23-/t33-,36+,37+,38-/m1/s1. The van der Waals surface area contributed by atoms with Gasteiger partial charge in [0.15, 0.2) is 0 Å². The number of nitrogens with two attached hydrogens (primary N) is 1. The van der Waals surface area contributed by atoms with Crippen molar-refractivity contribution in [1.82, 2.24) is 10.6 Å². The van der Waals surface area contributed by atoms with Crippen LogP contribution in [0.5, 0.6) is 0 Å². The van der Waals surface area contributed by atoms with Gasteiger partial charge in [-0.15, -0.1) is 0 Å². The SMILES string of the molecule is CC/C=C\C/C=C\C/C=C\C/C=C\C/C=C\C/C=C\CCC(=O)NCCCC[C@H](NC(=O)C1=C[C@@H](OC(CC)CC)[C@H](C)[C@@H](N)C1)C(=O)O.